The van der Waals surface area contributed by atoms with Crippen LogP contribution in [0.5, 0.6) is 0 Å². The highest BCUT2D eigenvalue weighted by Gasteiger charge is 2.25. The summed E-state index contributed by atoms with van der Waals surface area (Å²) in [5.74, 6) is 0. The fourth-order valence-electron chi connectivity index (χ4n) is 1.69. The summed E-state index contributed by atoms with van der Waals surface area (Å²) >= 11 is 1.38. The number of benzene rings is 1. The van der Waals surface area contributed by atoms with E-state index in [9.17, 15) is 15.3 Å². The molecule has 1 heterocycles. The Morgan fingerprint density at radius 2 is 2.00 bits per heavy atom. The number of hydroxylamine groups is 1. The SMILES string of the molecule is CC(C)(C)/[N+](O)=C/c1cc([N+](=O)[O-])ccc1Sc1ccccn1. The molecule has 1 N–H and O–H groups in total. The van der Waals surface area contributed by atoms with E-state index in [1.54, 1.807) is 12.3 Å². The van der Waals surface area contributed by atoms with Crippen LogP contribution < -0.4 is 0 Å². The Balaban J connectivity index is 2.47. The van der Waals surface area contributed by atoms with Crippen molar-refractivity contribution in [1.82, 2.24) is 4.98 Å². The monoisotopic (exact) mass is 332 g/mol. The van der Waals surface area contributed by atoms with Gasteiger partial charge in [-0.05, 0) is 22.9 Å². The Hall–Kier alpha value is -2.41. The van der Waals surface area contributed by atoms with E-state index in [0.29, 0.717) is 5.56 Å². The molecule has 0 bridgehead atoms. The van der Waals surface area contributed by atoms with Gasteiger partial charge in [0.1, 0.15) is 5.03 Å². The number of rotatable bonds is 4. The summed E-state index contributed by atoms with van der Waals surface area (Å²) in [4.78, 5) is 15.6. The molecule has 6 nitrogen and oxygen atoms in total. The molecular formula is C16H18N3O3S+. The first kappa shape index (κ1) is 17.0. The van der Waals surface area contributed by atoms with E-state index >= 15 is 0 Å². The topological polar surface area (TPSA) is 79.3 Å². The molecule has 0 amide bonds. The third kappa shape index (κ3) is 4.53. The third-order valence-corrected chi connectivity index (χ3v) is 4.05. The zero-order valence-corrected chi connectivity index (χ0v) is 13.9. The highest BCUT2D eigenvalue weighted by Crippen LogP contribution is 2.30. The van der Waals surface area contributed by atoms with Crippen molar-refractivity contribution in [3.8, 4) is 0 Å². The lowest BCUT2D eigenvalue weighted by Gasteiger charge is -2.10. The van der Waals surface area contributed by atoms with Crippen LogP contribution in [0.1, 0.15) is 26.3 Å². The van der Waals surface area contributed by atoms with E-state index in [2.05, 4.69) is 4.98 Å². The average molecular weight is 332 g/mol. The van der Waals surface area contributed by atoms with Crippen LogP contribution in [0, 0.1) is 10.1 Å². The number of non-ortho nitro benzene ring substituents is 1. The van der Waals surface area contributed by atoms with Crippen molar-refractivity contribution in [2.24, 2.45) is 0 Å². The molecule has 0 aliphatic heterocycles. The van der Waals surface area contributed by atoms with Gasteiger partial charge in [-0.1, -0.05) is 17.8 Å². The van der Waals surface area contributed by atoms with Crippen LogP contribution in [0.25, 0.3) is 0 Å². The summed E-state index contributed by atoms with van der Waals surface area (Å²) in [5, 5.41) is 21.9. The van der Waals surface area contributed by atoms with Crippen molar-refractivity contribution >= 4 is 23.7 Å². The van der Waals surface area contributed by atoms with Crippen LogP contribution in [-0.4, -0.2) is 31.6 Å². The maximum absolute atomic E-state index is 11.0. The molecule has 2 aromatic rings. The Kier molecular flexibility index (Phi) is 5.00. The number of pyridine rings is 1. The summed E-state index contributed by atoms with van der Waals surface area (Å²) in [6.07, 6.45) is 3.18. The fourth-order valence-corrected chi connectivity index (χ4v) is 2.54. The zero-order valence-electron chi connectivity index (χ0n) is 13.1. The highest BCUT2D eigenvalue weighted by molar-refractivity contribution is 7.99. The minimum Gasteiger partial charge on any atom is -0.290 e. The van der Waals surface area contributed by atoms with Gasteiger partial charge in [-0.15, -0.1) is 0 Å². The van der Waals surface area contributed by atoms with Crippen LogP contribution in [-0.2, 0) is 0 Å². The minimum absolute atomic E-state index is 0.0241. The summed E-state index contributed by atoms with van der Waals surface area (Å²) in [5.41, 5.74) is 0.0218. The lowest BCUT2D eigenvalue weighted by molar-refractivity contribution is -0.816. The van der Waals surface area contributed by atoms with Crippen LogP contribution in [0.15, 0.2) is 52.5 Å². The molecule has 0 spiro atoms. The molecule has 0 aliphatic rings. The second-order valence-electron chi connectivity index (χ2n) is 5.89. The molecule has 23 heavy (non-hydrogen) atoms. The Bertz CT molecular complexity index is 740. The summed E-state index contributed by atoms with van der Waals surface area (Å²) < 4.78 is 1.05. The molecule has 1 aromatic carbocycles. The van der Waals surface area contributed by atoms with Gasteiger partial charge in [-0.25, -0.2) is 4.98 Å². The molecule has 1 aromatic heterocycles. The molecule has 0 atom stereocenters. The zero-order chi connectivity index (χ0) is 17.0. The van der Waals surface area contributed by atoms with Gasteiger partial charge in [0, 0.05) is 44.0 Å². The van der Waals surface area contributed by atoms with Crippen molar-refractivity contribution in [3.63, 3.8) is 0 Å². The van der Waals surface area contributed by atoms with Crippen molar-refractivity contribution in [3.05, 3.63) is 58.3 Å². The molecule has 0 saturated heterocycles. The molecule has 120 valence electrons. The van der Waals surface area contributed by atoms with E-state index in [0.717, 1.165) is 14.7 Å². The number of hydrogen-bond donors (Lipinski definition) is 1. The van der Waals surface area contributed by atoms with Crippen LogP contribution in [0.4, 0.5) is 5.69 Å². The van der Waals surface area contributed by atoms with Crippen LogP contribution in [0.3, 0.4) is 0 Å². The van der Waals surface area contributed by atoms with Crippen molar-refractivity contribution < 1.29 is 14.9 Å². The second kappa shape index (κ2) is 6.78. The van der Waals surface area contributed by atoms with Crippen LogP contribution >= 0.6 is 11.8 Å². The molecule has 0 saturated carbocycles. The first-order valence-electron chi connectivity index (χ1n) is 6.98. The van der Waals surface area contributed by atoms with Crippen molar-refractivity contribution in [2.75, 3.05) is 0 Å². The van der Waals surface area contributed by atoms with Gasteiger partial charge in [0.15, 0.2) is 0 Å². The molecule has 0 fully saturated rings. The average Bonchev–Trinajstić information content (AvgIpc) is 2.48. The number of nitro benzene ring substituents is 1. The maximum Gasteiger partial charge on any atom is 0.270 e. The van der Waals surface area contributed by atoms with Crippen molar-refractivity contribution in [1.29, 1.82) is 0 Å². The molecule has 0 radical (unpaired) electrons. The van der Waals surface area contributed by atoms with Gasteiger partial charge in [0.2, 0.25) is 11.8 Å². The summed E-state index contributed by atoms with van der Waals surface area (Å²) in [6, 6.07) is 10.1. The molecular weight excluding hydrogens is 314 g/mol. The van der Waals surface area contributed by atoms with E-state index in [1.165, 1.54) is 30.1 Å². The van der Waals surface area contributed by atoms with E-state index in [-0.39, 0.29) is 5.69 Å². The van der Waals surface area contributed by atoms with Gasteiger partial charge in [0.05, 0.1) is 10.5 Å². The number of nitro groups is 1. The molecule has 0 unspecified atom stereocenters. The van der Waals surface area contributed by atoms with Gasteiger partial charge in [-0.3, -0.25) is 15.3 Å². The van der Waals surface area contributed by atoms with E-state index < -0.39 is 10.5 Å². The van der Waals surface area contributed by atoms with Crippen LogP contribution in [0.2, 0.25) is 0 Å². The van der Waals surface area contributed by atoms with E-state index in [1.807, 2.05) is 39.0 Å². The lowest BCUT2D eigenvalue weighted by atomic mass is 10.1. The highest BCUT2D eigenvalue weighted by atomic mass is 32.2. The summed E-state index contributed by atoms with van der Waals surface area (Å²) in [7, 11) is 0. The number of aromatic nitrogens is 1. The summed E-state index contributed by atoms with van der Waals surface area (Å²) in [6.45, 7) is 5.52. The minimum atomic E-state index is -0.516. The standard InChI is InChI=1S/C16H18N3O3S/c1-16(2,3)18(20)11-12-10-13(19(21)22)7-8-14(12)23-15-6-4-5-9-17-15/h4-11,20H,1-3H3/q+1/b18-11-. The first-order chi connectivity index (χ1) is 10.8. The van der Waals surface area contributed by atoms with Crippen molar-refractivity contribution in [2.45, 2.75) is 36.2 Å². The number of nitrogens with zero attached hydrogens (tertiary/aromatic N) is 3. The smallest absolute Gasteiger partial charge is 0.270 e. The molecule has 2 rings (SSSR count). The van der Waals surface area contributed by atoms with Gasteiger partial charge in [0.25, 0.3) is 5.69 Å². The maximum atomic E-state index is 11.0. The normalized spacial score (nSPS) is 12.2. The largest absolute Gasteiger partial charge is 0.290 e. The van der Waals surface area contributed by atoms with Gasteiger partial charge < -0.3 is 0 Å². The Morgan fingerprint density at radius 3 is 2.57 bits per heavy atom. The van der Waals surface area contributed by atoms with Gasteiger partial charge >= 0.3 is 0 Å². The van der Waals surface area contributed by atoms with E-state index in [4.69, 9.17) is 0 Å². The quantitative estimate of drug-likeness (QED) is 0.303. The molecule has 0 aliphatic carbocycles. The lowest BCUT2D eigenvalue weighted by Crippen LogP contribution is -2.31. The Labute approximate surface area is 138 Å². The predicted molar refractivity (Wildman–Crippen MR) is 88.4 cm³/mol. The third-order valence-electron chi connectivity index (χ3n) is 3.01. The Morgan fingerprint density at radius 1 is 1.26 bits per heavy atom. The first-order valence-corrected chi connectivity index (χ1v) is 7.79. The number of hydrogen-bond acceptors (Lipinski definition) is 5. The second-order valence-corrected chi connectivity index (χ2v) is 6.96. The molecule has 7 heteroatoms. The predicted octanol–water partition coefficient (Wildman–Crippen LogP) is 3.76. The fraction of sp³-hybridized carbons (Fsp3) is 0.250. The van der Waals surface area contributed by atoms with Gasteiger partial charge in [-0.2, -0.15) is 0 Å².